The van der Waals surface area contributed by atoms with Crippen molar-refractivity contribution in [3.05, 3.63) is 0 Å². The molecule has 0 radical (unpaired) electrons. The van der Waals surface area contributed by atoms with Gasteiger partial charge < -0.3 is 13.3 Å². The minimum Gasteiger partial charge on any atom is -0.377 e. The van der Waals surface area contributed by atoms with Crippen LogP contribution in [-0.4, -0.2) is 34.4 Å². The molecule has 0 unspecified atom stereocenters. The monoisotopic (exact) mass is 290 g/mol. The molecule has 80 valence electrons. The Kier molecular flexibility index (Phi) is 8.74. The van der Waals surface area contributed by atoms with Crippen LogP contribution < -0.4 is 0 Å². The van der Waals surface area contributed by atoms with Gasteiger partial charge >= 0.3 is 8.80 Å². The predicted octanol–water partition coefficient (Wildman–Crippen LogP) is 2.61. The summed E-state index contributed by atoms with van der Waals surface area (Å²) in [6.45, 7) is 0. The normalized spacial score (nSPS) is 12.0. The summed E-state index contributed by atoms with van der Waals surface area (Å²) in [4.78, 5) is 0. The Morgan fingerprint density at radius 2 is 1.85 bits per heavy atom. The Labute approximate surface area is 94.2 Å². The number of rotatable bonds is 8. The van der Waals surface area contributed by atoms with Gasteiger partial charge in [0.25, 0.3) is 0 Å². The van der Waals surface area contributed by atoms with Gasteiger partial charge in [0.05, 0.1) is 0 Å². The van der Waals surface area contributed by atoms with Crippen molar-refractivity contribution in [2.24, 2.45) is 0 Å². The van der Waals surface area contributed by atoms with Gasteiger partial charge in [0.2, 0.25) is 0 Å². The minimum atomic E-state index is -2.43. The molecule has 0 N–H and O–H groups in total. The number of hydrogen-bond acceptors (Lipinski definition) is 3. The molecule has 0 saturated heterocycles. The summed E-state index contributed by atoms with van der Waals surface area (Å²) in [5.41, 5.74) is 0. The molecule has 0 aliphatic carbocycles. The molecular weight excluding hydrogens is 276 g/mol. The molecule has 0 aromatic carbocycles. The molecule has 0 rings (SSSR count). The van der Waals surface area contributed by atoms with Crippen LogP contribution in [0, 0.1) is 0 Å². The lowest BCUT2D eigenvalue weighted by Crippen LogP contribution is -2.43. The standard InChI is InChI=1S/C7H16BrClO3Si/c1-10-13(11-2,12-7-9)6-4-3-5-8/h3-7H2,1-2H3. The topological polar surface area (TPSA) is 27.7 Å². The molecule has 0 atom stereocenters. The Morgan fingerprint density at radius 3 is 2.23 bits per heavy atom. The van der Waals surface area contributed by atoms with Crippen molar-refractivity contribution in [1.82, 2.24) is 0 Å². The Hall–Kier alpha value is 0.867. The summed E-state index contributed by atoms with van der Waals surface area (Å²) in [7, 11) is 0.782. The van der Waals surface area contributed by atoms with Gasteiger partial charge in [-0.15, -0.1) is 0 Å². The summed E-state index contributed by atoms with van der Waals surface area (Å²) in [5, 5.41) is 0.992. The predicted molar refractivity (Wildman–Crippen MR) is 59.4 cm³/mol. The first-order valence-corrected chi connectivity index (χ1v) is 7.69. The molecule has 0 aromatic heterocycles. The highest BCUT2D eigenvalue weighted by Crippen LogP contribution is 2.18. The largest absolute Gasteiger partial charge is 0.501 e. The third-order valence-electron chi connectivity index (χ3n) is 1.76. The van der Waals surface area contributed by atoms with Crippen molar-refractivity contribution in [3.63, 3.8) is 0 Å². The molecule has 0 spiro atoms. The van der Waals surface area contributed by atoms with Crippen molar-refractivity contribution in [3.8, 4) is 0 Å². The second kappa shape index (κ2) is 8.20. The minimum absolute atomic E-state index is 0.127. The number of alkyl halides is 2. The zero-order chi connectivity index (χ0) is 10.2. The Balaban J connectivity index is 3.89. The summed E-state index contributed by atoms with van der Waals surface area (Å²) in [6, 6.07) is 0.945. The van der Waals surface area contributed by atoms with E-state index in [1.807, 2.05) is 0 Å². The molecule has 0 aliphatic rings. The van der Waals surface area contributed by atoms with Crippen LogP contribution in [0.1, 0.15) is 12.8 Å². The van der Waals surface area contributed by atoms with E-state index in [4.69, 9.17) is 24.9 Å². The molecule has 0 bridgehead atoms. The first kappa shape index (κ1) is 13.9. The van der Waals surface area contributed by atoms with Gasteiger partial charge in [0.1, 0.15) is 6.07 Å². The van der Waals surface area contributed by atoms with Crippen LogP contribution in [-0.2, 0) is 13.3 Å². The van der Waals surface area contributed by atoms with E-state index in [0.29, 0.717) is 0 Å². The molecule has 0 amide bonds. The fraction of sp³-hybridized carbons (Fsp3) is 1.00. The molecule has 0 fully saturated rings. The van der Waals surface area contributed by atoms with Gasteiger partial charge in [0, 0.05) is 25.6 Å². The van der Waals surface area contributed by atoms with Crippen LogP contribution in [0.2, 0.25) is 6.04 Å². The molecule has 0 aliphatic heterocycles. The van der Waals surface area contributed by atoms with Crippen LogP contribution in [0.15, 0.2) is 0 Å². The van der Waals surface area contributed by atoms with Crippen molar-refractivity contribution < 1.29 is 13.3 Å². The van der Waals surface area contributed by atoms with Crippen molar-refractivity contribution in [2.75, 3.05) is 25.6 Å². The second-order valence-electron chi connectivity index (χ2n) is 2.49. The quantitative estimate of drug-likeness (QED) is 0.391. The van der Waals surface area contributed by atoms with Crippen LogP contribution in [0.3, 0.4) is 0 Å². The van der Waals surface area contributed by atoms with E-state index >= 15 is 0 Å². The first-order valence-electron chi connectivity index (χ1n) is 4.11. The second-order valence-corrected chi connectivity index (χ2v) is 6.47. The van der Waals surface area contributed by atoms with Gasteiger partial charge in [-0.05, 0) is 12.8 Å². The lowest BCUT2D eigenvalue weighted by atomic mass is 10.4. The molecule has 0 heterocycles. The van der Waals surface area contributed by atoms with E-state index in [1.54, 1.807) is 14.2 Å². The summed E-state index contributed by atoms with van der Waals surface area (Å²) < 4.78 is 15.9. The third-order valence-corrected chi connectivity index (χ3v) is 5.41. The molecule has 3 nitrogen and oxygen atoms in total. The van der Waals surface area contributed by atoms with Crippen LogP contribution in [0.25, 0.3) is 0 Å². The van der Waals surface area contributed by atoms with Gasteiger partial charge in [-0.25, -0.2) is 0 Å². The Morgan fingerprint density at radius 1 is 1.23 bits per heavy atom. The van der Waals surface area contributed by atoms with Gasteiger partial charge in [-0.3, -0.25) is 0 Å². The van der Waals surface area contributed by atoms with Crippen molar-refractivity contribution >= 4 is 36.3 Å². The zero-order valence-corrected chi connectivity index (χ0v) is 11.4. The fourth-order valence-electron chi connectivity index (χ4n) is 0.997. The smallest absolute Gasteiger partial charge is 0.377 e. The van der Waals surface area contributed by atoms with E-state index in [0.717, 1.165) is 24.2 Å². The molecular formula is C7H16BrClO3Si. The lowest BCUT2D eigenvalue weighted by Gasteiger charge is -2.24. The molecule has 0 saturated carbocycles. The first-order chi connectivity index (χ1) is 6.24. The summed E-state index contributed by atoms with van der Waals surface area (Å²) >= 11 is 8.87. The van der Waals surface area contributed by atoms with E-state index in [1.165, 1.54) is 0 Å². The SMILES string of the molecule is CO[Si](CCCCBr)(OC)OCCl. The molecule has 6 heteroatoms. The van der Waals surface area contributed by atoms with Gasteiger partial charge in [0.15, 0.2) is 0 Å². The lowest BCUT2D eigenvalue weighted by molar-refractivity contribution is 0.116. The average molecular weight is 292 g/mol. The average Bonchev–Trinajstić information content (AvgIpc) is 2.17. The highest BCUT2D eigenvalue weighted by Gasteiger charge is 2.37. The number of unbranched alkanes of at least 4 members (excludes halogenated alkanes) is 1. The zero-order valence-electron chi connectivity index (χ0n) is 8.02. The van der Waals surface area contributed by atoms with Crippen molar-refractivity contribution in [2.45, 2.75) is 18.9 Å². The third kappa shape index (κ3) is 5.34. The highest BCUT2D eigenvalue weighted by molar-refractivity contribution is 9.09. The van der Waals surface area contributed by atoms with Crippen molar-refractivity contribution in [1.29, 1.82) is 0 Å². The fourth-order valence-corrected chi connectivity index (χ4v) is 3.70. The van der Waals surface area contributed by atoms with E-state index < -0.39 is 8.80 Å². The maximum absolute atomic E-state index is 5.50. The molecule has 0 aromatic rings. The summed E-state index contributed by atoms with van der Waals surface area (Å²) in [5.74, 6) is 0. The highest BCUT2D eigenvalue weighted by atomic mass is 79.9. The molecule has 13 heavy (non-hydrogen) atoms. The maximum Gasteiger partial charge on any atom is 0.501 e. The van der Waals surface area contributed by atoms with Gasteiger partial charge in [-0.2, -0.15) is 0 Å². The number of hydrogen-bond donors (Lipinski definition) is 0. The van der Waals surface area contributed by atoms with Gasteiger partial charge in [-0.1, -0.05) is 27.5 Å². The van der Waals surface area contributed by atoms with E-state index in [9.17, 15) is 0 Å². The van der Waals surface area contributed by atoms with Crippen LogP contribution in [0.4, 0.5) is 0 Å². The van der Waals surface area contributed by atoms with Crippen LogP contribution >= 0.6 is 27.5 Å². The Bertz CT molecular complexity index is 124. The number of halogens is 2. The summed E-state index contributed by atoms with van der Waals surface area (Å²) in [6.07, 6.45) is 2.11. The van der Waals surface area contributed by atoms with Crippen LogP contribution in [0.5, 0.6) is 0 Å². The maximum atomic E-state index is 5.50. The van der Waals surface area contributed by atoms with E-state index in [-0.39, 0.29) is 6.07 Å². The van der Waals surface area contributed by atoms with E-state index in [2.05, 4.69) is 15.9 Å².